The molecule has 1 unspecified atom stereocenters. The number of hydrogen-bond acceptors (Lipinski definition) is 2. The largest absolute Gasteiger partial charge is 0.416 e. The van der Waals surface area contributed by atoms with E-state index in [9.17, 15) is 22.8 Å². The van der Waals surface area contributed by atoms with Crippen molar-refractivity contribution in [1.29, 1.82) is 0 Å². The van der Waals surface area contributed by atoms with Gasteiger partial charge in [0.25, 0.3) is 5.91 Å². The minimum absolute atomic E-state index is 0.0198. The minimum Gasteiger partial charge on any atom is -0.366 e. The Bertz CT molecular complexity index is 1100. The summed E-state index contributed by atoms with van der Waals surface area (Å²) in [5.41, 5.74) is -1.56. The third kappa shape index (κ3) is 3.46. The molecule has 0 aromatic heterocycles. The fourth-order valence-corrected chi connectivity index (χ4v) is 4.64. The third-order valence-corrected chi connectivity index (χ3v) is 6.40. The Kier molecular flexibility index (Phi) is 5.21. The summed E-state index contributed by atoms with van der Waals surface area (Å²) < 4.78 is 58.6. The molecule has 2 aliphatic rings. The highest BCUT2D eigenvalue weighted by Gasteiger charge is 2.58. The van der Waals surface area contributed by atoms with Crippen LogP contribution in [0.1, 0.15) is 46.3 Å². The van der Waals surface area contributed by atoms with E-state index in [1.54, 1.807) is 0 Å². The van der Waals surface area contributed by atoms with Crippen molar-refractivity contribution < 1.29 is 27.2 Å². The number of halogens is 6. The Morgan fingerprint density at radius 3 is 2.39 bits per heavy atom. The predicted molar refractivity (Wildman–Crippen MR) is 108 cm³/mol. The molecule has 1 aliphatic carbocycles. The van der Waals surface area contributed by atoms with Gasteiger partial charge >= 0.3 is 6.18 Å². The van der Waals surface area contributed by atoms with Gasteiger partial charge in [-0.25, -0.2) is 4.39 Å². The second-order valence-electron chi connectivity index (χ2n) is 7.78. The number of anilines is 1. The Morgan fingerprint density at radius 2 is 1.87 bits per heavy atom. The molecule has 1 heterocycles. The Hall–Kier alpha value is -2.32. The smallest absolute Gasteiger partial charge is 0.366 e. The molecule has 164 valence electrons. The third-order valence-electron chi connectivity index (χ3n) is 5.85. The van der Waals surface area contributed by atoms with Crippen LogP contribution in [0, 0.1) is 5.92 Å². The zero-order valence-corrected chi connectivity index (χ0v) is 17.4. The first kappa shape index (κ1) is 21.9. The van der Waals surface area contributed by atoms with Crippen LogP contribution >= 0.6 is 23.2 Å². The molecule has 0 radical (unpaired) electrons. The number of benzene rings is 2. The summed E-state index contributed by atoms with van der Waals surface area (Å²) >= 11 is 12.0. The quantitative estimate of drug-likeness (QED) is 0.597. The molecule has 2 N–H and O–H groups in total. The van der Waals surface area contributed by atoms with Crippen molar-refractivity contribution in [3.63, 3.8) is 0 Å². The van der Waals surface area contributed by atoms with Crippen molar-refractivity contribution in [2.45, 2.75) is 31.1 Å². The maximum absolute atomic E-state index is 16.6. The van der Waals surface area contributed by atoms with Crippen molar-refractivity contribution in [2.75, 3.05) is 11.4 Å². The minimum atomic E-state index is -5.06. The van der Waals surface area contributed by atoms with E-state index in [0.717, 1.165) is 42.4 Å². The molecule has 31 heavy (non-hydrogen) atoms. The molecule has 1 saturated carbocycles. The molecule has 2 aromatic carbocycles. The standard InChI is InChI=1S/C21H16Cl2F4N2O2/c22-12-4-5-13(15(23)8-12)20(24)17-14(21(25,26)27)6-11(18(28)30)7-16(17)29(19(20)31)9-10-2-1-3-10/h4-8,10H,1-3,9H2,(H2,28,30). The van der Waals surface area contributed by atoms with Gasteiger partial charge in [-0.2, -0.15) is 13.2 Å². The molecule has 0 bridgehead atoms. The lowest BCUT2D eigenvalue weighted by molar-refractivity contribution is -0.140. The van der Waals surface area contributed by atoms with E-state index in [2.05, 4.69) is 0 Å². The molecule has 0 saturated heterocycles. The van der Waals surface area contributed by atoms with Gasteiger partial charge in [-0.05, 0) is 43.0 Å². The fraction of sp³-hybridized carbons (Fsp3) is 0.333. The van der Waals surface area contributed by atoms with Crippen molar-refractivity contribution in [3.8, 4) is 0 Å². The van der Waals surface area contributed by atoms with E-state index in [1.165, 1.54) is 6.07 Å². The summed E-state index contributed by atoms with van der Waals surface area (Å²) in [6.07, 6.45) is -2.61. The zero-order valence-electron chi connectivity index (χ0n) is 15.9. The maximum atomic E-state index is 16.6. The van der Waals surface area contributed by atoms with E-state index < -0.39 is 45.9 Å². The second-order valence-corrected chi connectivity index (χ2v) is 8.62. The molecule has 0 spiro atoms. The lowest BCUT2D eigenvalue weighted by Crippen LogP contribution is -2.42. The van der Waals surface area contributed by atoms with Crippen molar-refractivity contribution in [1.82, 2.24) is 0 Å². The molecule has 10 heteroatoms. The Morgan fingerprint density at radius 1 is 1.19 bits per heavy atom. The lowest BCUT2D eigenvalue weighted by atomic mass is 9.85. The van der Waals surface area contributed by atoms with Crippen LogP contribution in [-0.4, -0.2) is 18.4 Å². The number of primary amides is 1. The van der Waals surface area contributed by atoms with E-state index in [4.69, 9.17) is 28.9 Å². The van der Waals surface area contributed by atoms with Crippen molar-refractivity contribution in [2.24, 2.45) is 11.7 Å². The summed E-state index contributed by atoms with van der Waals surface area (Å²) in [7, 11) is 0. The Balaban J connectivity index is 2.03. The van der Waals surface area contributed by atoms with E-state index in [-0.39, 0.29) is 28.2 Å². The van der Waals surface area contributed by atoms with Gasteiger partial charge in [0, 0.05) is 33.3 Å². The van der Waals surface area contributed by atoms with Crippen LogP contribution < -0.4 is 10.6 Å². The monoisotopic (exact) mass is 474 g/mol. The van der Waals surface area contributed by atoms with E-state index in [1.807, 2.05) is 0 Å². The number of hydrogen-bond donors (Lipinski definition) is 1. The van der Waals surface area contributed by atoms with E-state index >= 15 is 4.39 Å². The number of fused-ring (bicyclic) bond motifs is 1. The second kappa shape index (κ2) is 7.38. The zero-order chi connectivity index (χ0) is 22.7. The van der Waals surface area contributed by atoms with Crippen LogP contribution in [-0.2, 0) is 16.6 Å². The number of nitrogens with zero attached hydrogens (tertiary/aromatic N) is 1. The molecule has 4 nitrogen and oxygen atoms in total. The van der Waals surface area contributed by atoms with Gasteiger partial charge in [-0.1, -0.05) is 35.7 Å². The van der Waals surface area contributed by atoms with Gasteiger partial charge in [-0.15, -0.1) is 0 Å². The van der Waals surface area contributed by atoms with Gasteiger partial charge < -0.3 is 10.6 Å². The Labute approximate surface area is 184 Å². The molecule has 1 fully saturated rings. The van der Waals surface area contributed by atoms with Crippen LogP contribution in [0.2, 0.25) is 10.0 Å². The maximum Gasteiger partial charge on any atom is 0.416 e. The summed E-state index contributed by atoms with van der Waals surface area (Å²) in [6.45, 7) is 0.0300. The van der Waals surface area contributed by atoms with Crippen LogP contribution in [0.5, 0.6) is 0 Å². The highest BCUT2D eigenvalue weighted by Crippen LogP contribution is 2.54. The molecule has 2 aromatic rings. The summed E-state index contributed by atoms with van der Waals surface area (Å²) in [5.74, 6) is -2.29. The molecular weight excluding hydrogens is 459 g/mol. The number of carbonyl (C=O) groups is 2. The number of amides is 2. The average molecular weight is 475 g/mol. The fourth-order valence-electron chi connectivity index (χ4n) is 4.10. The first-order chi connectivity index (χ1) is 14.4. The van der Waals surface area contributed by atoms with Crippen LogP contribution in [0.25, 0.3) is 0 Å². The molecule has 4 rings (SSSR count). The topological polar surface area (TPSA) is 63.4 Å². The number of carbonyl (C=O) groups excluding carboxylic acids is 2. The lowest BCUT2D eigenvalue weighted by Gasteiger charge is -2.31. The van der Waals surface area contributed by atoms with Crippen molar-refractivity contribution in [3.05, 3.63) is 62.6 Å². The summed E-state index contributed by atoms with van der Waals surface area (Å²) in [5, 5.41) is -0.152. The number of rotatable bonds is 4. The SMILES string of the molecule is NC(=O)c1cc2c(c(C(F)(F)F)c1)C(F)(c1ccc(Cl)cc1Cl)C(=O)N2CC1CCC1. The molecule has 2 amide bonds. The summed E-state index contributed by atoms with van der Waals surface area (Å²) in [4.78, 5) is 26.0. The molecular formula is C21H16Cl2F4N2O2. The normalized spacial score (nSPS) is 21.2. The van der Waals surface area contributed by atoms with Gasteiger partial charge in [-0.3, -0.25) is 9.59 Å². The van der Waals surface area contributed by atoms with Gasteiger partial charge in [0.2, 0.25) is 11.6 Å². The average Bonchev–Trinajstić information content (AvgIpc) is 2.85. The highest BCUT2D eigenvalue weighted by molar-refractivity contribution is 6.35. The summed E-state index contributed by atoms with van der Waals surface area (Å²) in [6, 6.07) is 5.01. The first-order valence-electron chi connectivity index (χ1n) is 9.46. The van der Waals surface area contributed by atoms with Crippen molar-refractivity contribution >= 4 is 40.7 Å². The molecule has 1 atom stereocenters. The van der Waals surface area contributed by atoms with Gasteiger partial charge in [0.1, 0.15) is 0 Å². The number of nitrogens with two attached hydrogens (primary N) is 1. The molecule has 1 aliphatic heterocycles. The van der Waals surface area contributed by atoms with Crippen LogP contribution in [0.3, 0.4) is 0 Å². The first-order valence-corrected chi connectivity index (χ1v) is 10.2. The van der Waals surface area contributed by atoms with Gasteiger partial charge in [0.05, 0.1) is 11.3 Å². The predicted octanol–water partition coefficient (Wildman–Crippen LogP) is 5.47. The highest BCUT2D eigenvalue weighted by atomic mass is 35.5. The van der Waals surface area contributed by atoms with Crippen LogP contribution in [0.15, 0.2) is 30.3 Å². The van der Waals surface area contributed by atoms with E-state index in [0.29, 0.717) is 6.07 Å². The van der Waals surface area contributed by atoms with Crippen LogP contribution in [0.4, 0.5) is 23.2 Å². The van der Waals surface area contributed by atoms with Gasteiger partial charge in [0.15, 0.2) is 0 Å². The number of alkyl halides is 4.